The maximum atomic E-state index is 14.2. The lowest BCUT2D eigenvalue weighted by atomic mass is 10.1. The molecule has 35 heavy (non-hydrogen) atoms. The number of rotatable bonds is 6. The van der Waals surface area contributed by atoms with E-state index in [0.29, 0.717) is 45.3 Å². The van der Waals surface area contributed by atoms with Gasteiger partial charge in [0.1, 0.15) is 5.82 Å². The van der Waals surface area contributed by atoms with Gasteiger partial charge < -0.3 is 10.6 Å². The van der Waals surface area contributed by atoms with Crippen molar-refractivity contribution in [1.82, 2.24) is 24.7 Å². The van der Waals surface area contributed by atoms with E-state index in [4.69, 9.17) is 16.6 Å². The van der Waals surface area contributed by atoms with E-state index in [1.54, 1.807) is 36.8 Å². The number of carbonyl (C=O) groups is 1. The van der Waals surface area contributed by atoms with Crippen molar-refractivity contribution in [3.05, 3.63) is 89.1 Å². The second kappa shape index (κ2) is 8.63. The fourth-order valence-corrected chi connectivity index (χ4v) is 4.33. The van der Waals surface area contributed by atoms with Gasteiger partial charge in [0.2, 0.25) is 0 Å². The molecule has 1 saturated carbocycles. The van der Waals surface area contributed by atoms with Crippen molar-refractivity contribution in [2.75, 3.05) is 5.32 Å². The lowest BCUT2D eigenvalue weighted by Crippen LogP contribution is -2.25. The molecule has 1 amide bonds. The number of anilines is 1. The molecule has 0 bridgehead atoms. The van der Waals surface area contributed by atoms with Gasteiger partial charge in [-0.05, 0) is 54.8 Å². The first-order valence-electron chi connectivity index (χ1n) is 11.3. The molecule has 1 aliphatic carbocycles. The van der Waals surface area contributed by atoms with Crippen LogP contribution in [0.4, 0.5) is 10.2 Å². The van der Waals surface area contributed by atoms with Crippen LogP contribution in [-0.2, 0) is 6.54 Å². The van der Waals surface area contributed by atoms with E-state index in [-0.39, 0.29) is 17.8 Å². The minimum atomic E-state index is -0.372. The molecular weight excluding hydrogens is 467 g/mol. The van der Waals surface area contributed by atoms with Gasteiger partial charge in [-0.3, -0.25) is 14.2 Å². The summed E-state index contributed by atoms with van der Waals surface area (Å²) in [5, 5.41) is 6.64. The van der Waals surface area contributed by atoms with Gasteiger partial charge in [-0.1, -0.05) is 17.7 Å². The molecule has 0 radical (unpaired) electrons. The Hall–Kier alpha value is -4.04. The first-order chi connectivity index (χ1) is 17.1. The number of amides is 1. The lowest BCUT2D eigenvalue weighted by molar-refractivity contribution is 0.0951. The van der Waals surface area contributed by atoms with Crippen molar-refractivity contribution in [3.63, 3.8) is 0 Å². The molecule has 2 aromatic carbocycles. The Morgan fingerprint density at radius 1 is 1.11 bits per heavy atom. The molecule has 6 rings (SSSR count). The number of nitrogens with one attached hydrogen (secondary N) is 2. The third-order valence-corrected chi connectivity index (χ3v) is 6.33. The first-order valence-corrected chi connectivity index (χ1v) is 11.6. The number of nitrogens with zero attached hydrogens (tertiary/aromatic N) is 4. The summed E-state index contributed by atoms with van der Waals surface area (Å²) in [6.45, 7) is 0.525. The van der Waals surface area contributed by atoms with Crippen LogP contribution >= 0.6 is 11.6 Å². The van der Waals surface area contributed by atoms with Crippen molar-refractivity contribution >= 4 is 40.0 Å². The Labute approximate surface area is 205 Å². The predicted octanol–water partition coefficient (Wildman–Crippen LogP) is 5.24. The predicted molar refractivity (Wildman–Crippen MR) is 133 cm³/mol. The topological polar surface area (TPSA) is 84.2 Å². The van der Waals surface area contributed by atoms with Crippen LogP contribution in [0.2, 0.25) is 5.02 Å². The third kappa shape index (κ3) is 4.17. The molecule has 0 unspecified atom stereocenters. The number of fused-ring (bicyclic) bond motifs is 3. The van der Waals surface area contributed by atoms with Gasteiger partial charge in [-0.2, -0.15) is 0 Å². The quantitative estimate of drug-likeness (QED) is 0.343. The third-order valence-electron chi connectivity index (χ3n) is 6.02. The summed E-state index contributed by atoms with van der Waals surface area (Å²) in [4.78, 5) is 25.8. The van der Waals surface area contributed by atoms with Gasteiger partial charge >= 0.3 is 0 Å². The average Bonchev–Trinajstić information content (AvgIpc) is 3.56. The summed E-state index contributed by atoms with van der Waals surface area (Å²) < 4.78 is 16.1. The lowest BCUT2D eigenvalue weighted by Gasteiger charge is -2.12. The van der Waals surface area contributed by atoms with Crippen LogP contribution in [0.5, 0.6) is 0 Å². The summed E-state index contributed by atoms with van der Waals surface area (Å²) >= 11 is 6.51. The molecular formula is C26H20ClFN6O. The van der Waals surface area contributed by atoms with Gasteiger partial charge in [-0.25, -0.2) is 14.4 Å². The minimum Gasteiger partial charge on any atom is -0.363 e. The normalized spacial score (nSPS) is 13.3. The maximum Gasteiger partial charge on any atom is 0.253 e. The van der Waals surface area contributed by atoms with Crippen molar-refractivity contribution in [2.24, 2.45) is 0 Å². The number of carbonyl (C=O) groups excluding carboxylic acids is 1. The van der Waals surface area contributed by atoms with Crippen LogP contribution < -0.4 is 10.6 Å². The van der Waals surface area contributed by atoms with Crippen LogP contribution in [0.1, 0.15) is 28.8 Å². The Bertz CT molecular complexity index is 1580. The smallest absolute Gasteiger partial charge is 0.253 e. The highest BCUT2D eigenvalue weighted by atomic mass is 35.5. The van der Waals surface area contributed by atoms with Gasteiger partial charge in [0.15, 0.2) is 11.5 Å². The molecule has 3 aromatic heterocycles. The molecule has 1 aliphatic rings. The zero-order chi connectivity index (χ0) is 23.9. The van der Waals surface area contributed by atoms with E-state index in [1.165, 1.54) is 12.1 Å². The highest BCUT2D eigenvalue weighted by molar-refractivity contribution is 6.34. The Morgan fingerprint density at radius 2 is 1.94 bits per heavy atom. The summed E-state index contributed by atoms with van der Waals surface area (Å²) in [5.41, 5.74) is 4.67. The molecule has 5 aromatic rings. The Kier molecular flexibility index (Phi) is 5.30. The fraction of sp³-hybridized carbons (Fsp3) is 0.154. The second-order valence-corrected chi connectivity index (χ2v) is 8.95. The number of benzene rings is 2. The van der Waals surface area contributed by atoms with Gasteiger partial charge in [0.25, 0.3) is 5.91 Å². The zero-order valence-corrected chi connectivity index (χ0v) is 19.3. The molecule has 1 fully saturated rings. The molecule has 174 valence electrons. The highest BCUT2D eigenvalue weighted by Gasteiger charge is 2.25. The van der Waals surface area contributed by atoms with Crippen LogP contribution in [0, 0.1) is 5.82 Å². The molecule has 0 spiro atoms. The number of pyridine rings is 1. The van der Waals surface area contributed by atoms with Crippen molar-refractivity contribution in [2.45, 2.75) is 25.4 Å². The van der Waals surface area contributed by atoms with E-state index >= 15 is 0 Å². The van der Waals surface area contributed by atoms with E-state index in [2.05, 4.69) is 20.6 Å². The summed E-state index contributed by atoms with van der Waals surface area (Å²) in [5.74, 6) is 0.0167. The van der Waals surface area contributed by atoms with Crippen molar-refractivity contribution in [3.8, 4) is 11.3 Å². The van der Waals surface area contributed by atoms with Crippen LogP contribution in [-0.4, -0.2) is 31.3 Å². The number of aromatic nitrogens is 4. The molecule has 0 saturated heterocycles. The molecule has 0 aliphatic heterocycles. The molecule has 2 N–H and O–H groups in total. The van der Waals surface area contributed by atoms with Crippen LogP contribution in [0.25, 0.3) is 27.9 Å². The summed E-state index contributed by atoms with van der Waals surface area (Å²) in [6, 6.07) is 13.8. The number of halogens is 2. The SMILES string of the molecule is O=C(NC1CC1)c1ccc(-c2cnc3c(NCc4ccncc4)nc4ccc(F)cc4n23)cc1Cl. The molecule has 7 nitrogen and oxygen atoms in total. The van der Waals surface area contributed by atoms with E-state index in [0.717, 1.165) is 24.0 Å². The maximum absolute atomic E-state index is 14.2. The highest BCUT2D eigenvalue weighted by Crippen LogP contribution is 2.31. The minimum absolute atomic E-state index is 0.179. The first kappa shape index (κ1) is 21.5. The van der Waals surface area contributed by atoms with Crippen LogP contribution in [0.15, 0.2) is 67.1 Å². The summed E-state index contributed by atoms with van der Waals surface area (Å²) in [6.07, 6.45) is 7.16. The average molecular weight is 487 g/mol. The zero-order valence-electron chi connectivity index (χ0n) is 18.5. The Morgan fingerprint density at radius 3 is 2.71 bits per heavy atom. The Balaban J connectivity index is 1.45. The number of hydrogen-bond donors (Lipinski definition) is 2. The second-order valence-electron chi connectivity index (χ2n) is 8.55. The monoisotopic (exact) mass is 486 g/mol. The van der Waals surface area contributed by atoms with Crippen molar-refractivity contribution in [1.29, 1.82) is 0 Å². The number of hydrogen-bond acceptors (Lipinski definition) is 5. The number of imidazole rings is 1. The van der Waals surface area contributed by atoms with E-state index in [9.17, 15) is 9.18 Å². The standard InChI is InChI=1S/C26H20ClFN6O/c27-20-11-16(1-5-19(20)26(35)32-18-3-4-18)23-14-31-25-24(30-13-15-7-9-29-10-8-15)33-21-6-2-17(28)12-22(21)34(23)25/h1-2,5-12,14,18H,3-4,13H2,(H,30,33)(H,32,35). The van der Waals surface area contributed by atoms with Gasteiger partial charge in [0, 0.05) is 36.6 Å². The van der Waals surface area contributed by atoms with E-state index in [1.807, 2.05) is 22.6 Å². The van der Waals surface area contributed by atoms with Gasteiger partial charge in [-0.15, -0.1) is 0 Å². The molecule has 0 atom stereocenters. The summed E-state index contributed by atoms with van der Waals surface area (Å²) in [7, 11) is 0. The van der Waals surface area contributed by atoms with Crippen LogP contribution in [0.3, 0.4) is 0 Å². The molecule has 3 heterocycles. The van der Waals surface area contributed by atoms with Crippen molar-refractivity contribution < 1.29 is 9.18 Å². The van der Waals surface area contributed by atoms with E-state index < -0.39 is 0 Å². The molecule has 9 heteroatoms. The fourth-order valence-electron chi connectivity index (χ4n) is 4.06. The largest absolute Gasteiger partial charge is 0.363 e. The van der Waals surface area contributed by atoms with Gasteiger partial charge in [0.05, 0.1) is 33.5 Å².